The van der Waals surface area contributed by atoms with Gasteiger partial charge in [-0.15, -0.1) is 0 Å². The van der Waals surface area contributed by atoms with Crippen molar-refractivity contribution in [1.29, 1.82) is 0 Å². The van der Waals surface area contributed by atoms with Gasteiger partial charge in [-0.3, -0.25) is 14.9 Å². The molecule has 0 N–H and O–H groups in total. The van der Waals surface area contributed by atoms with Gasteiger partial charge < -0.3 is 23.9 Å². The minimum absolute atomic E-state index is 0.0961. The molecule has 2 aliphatic rings. The maximum Gasteiger partial charge on any atom is 0.292 e. The number of nitro groups is 1. The van der Waals surface area contributed by atoms with E-state index in [4.69, 9.17) is 20.8 Å². The number of morpholine rings is 1. The first kappa shape index (κ1) is 23.2. The number of hydrogen-bond acceptors (Lipinski definition) is 7. The van der Waals surface area contributed by atoms with Crippen LogP contribution in [0.25, 0.3) is 11.3 Å². The van der Waals surface area contributed by atoms with E-state index in [0.29, 0.717) is 74.7 Å². The maximum atomic E-state index is 13.0. The lowest BCUT2D eigenvalue weighted by Crippen LogP contribution is -2.48. The molecule has 35 heavy (non-hydrogen) atoms. The second-order valence-electron chi connectivity index (χ2n) is 8.48. The zero-order valence-corrected chi connectivity index (χ0v) is 19.8. The van der Waals surface area contributed by atoms with E-state index in [-0.39, 0.29) is 16.5 Å². The largest absolute Gasteiger partial charge is 0.451 e. The molecule has 10 heteroatoms. The first-order chi connectivity index (χ1) is 17.0. The lowest BCUT2D eigenvalue weighted by Gasteiger charge is -2.36. The Bertz CT molecular complexity index is 1210. The van der Waals surface area contributed by atoms with Crippen LogP contribution in [0, 0.1) is 10.1 Å². The Morgan fingerprint density at radius 1 is 0.886 bits per heavy atom. The van der Waals surface area contributed by atoms with E-state index in [9.17, 15) is 14.9 Å². The second-order valence-corrected chi connectivity index (χ2v) is 8.92. The van der Waals surface area contributed by atoms with Crippen LogP contribution in [0.1, 0.15) is 10.6 Å². The first-order valence-corrected chi connectivity index (χ1v) is 11.9. The van der Waals surface area contributed by atoms with Crippen molar-refractivity contribution >= 4 is 34.6 Å². The van der Waals surface area contributed by atoms with Crippen LogP contribution in [0.5, 0.6) is 0 Å². The van der Waals surface area contributed by atoms with Gasteiger partial charge in [0.05, 0.1) is 18.1 Å². The van der Waals surface area contributed by atoms with Gasteiger partial charge in [0.1, 0.15) is 11.4 Å². The number of amides is 1. The van der Waals surface area contributed by atoms with Crippen LogP contribution in [-0.2, 0) is 4.74 Å². The highest BCUT2D eigenvalue weighted by molar-refractivity contribution is 6.30. The molecule has 2 saturated heterocycles. The molecule has 1 amide bonds. The summed E-state index contributed by atoms with van der Waals surface area (Å²) in [6.45, 7) is 4.64. The summed E-state index contributed by atoms with van der Waals surface area (Å²) in [4.78, 5) is 30.2. The number of nitro benzene ring substituents is 1. The normalized spacial score (nSPS) is 16.4. The Kier molecular flexibility index (Phi) is 6.61. The molecule has 0 bridgehead atoms. The molecule has 3 heterocycles. The van der Waals surface area contributed by atoms with Gasteiger partial charge in [-0.1, -0.05) is 11.6 Å². The smallest absolute Gasteiger partial charge is 0.292 e. The van der Waals surface area contributed by atoms with Crippen molar-refractivity contribution in [2.24, 2.45) is 0 Å². The molecule has 0 saturated carbocycles. The molecule has 0 spiro atoms. The van der Waals surface area contributed by atoms with E-state index in [1.54, 1.807) is 41.3 Å². The van der Waals surface area contributed by atoms with Crippen LogP contribution in [0.15, 0.2) is 59.0 Å². The third kappa shape index (κ3) is 4.96. The zero-order valence-electron chi connectivity index (χ0n) is 19.1. The molecule has 5 rings (SSSR count). The lowest BCUT2D eigenvalue weighted by molar-refractivity contribution is -0.384. The Labute approximate surface area is 207 Å². The quantitative estimate of drug-likeness (QED) is 0.384. The summed E-state index contributed by atoms with van der Waals surface area (Å²) < 4.78 is 11.2. The number of rotatable bonds is 5. The number of carbonyl (C=O) groups is 1. The lowest BCUT2D eigenvalue weighted by atomic mass is 10.1. The molecule has 3 aromatic rings. The van der Waals surface area contributed by atoms with Crippen LogP contribution in [-0.4, -0.2) is 68.2 Å². The van der Waals surface area contributed by atoms with Crippen molar-refractivity contribution in [1.82, 2.24) is 4.90 Å². The van der Waals surface area contributed by atoms with Gasteiger partial charge in [-0.2, -0.15) is 0 Å². The summed E-state index contributed by atoms with van der Waals surface area (Å²) in [5.74, 6) is 0.765. The highest BCUT2D eigenvalue weighted by Crippen LogP contribution is 2.34. The van der Waals surface area contributed by atoms with Crippen molar-refractivity contribution in [2.45, 2.75) is 0 Å². The number of ether oxygens (including phenoxy) is 1. The summed E-state index contributed by atoms with van der Waals surface area (Å²) in [5.41, 5.74) is 2.47. The molecule has 9 nitrogen and oxygen atoms in total. The number of anilines is 2. The number of hydrogen-bond donors (Lipinski definition) is 0. The van der Waals surface area contributed by atoms with Gasteiger partial charge in [0, 0.05) is 61.6 Å². The van der Waals surface area contributed by atoms with Crippen LogP contribution in [0.4, 0.5) is 17.1 Å². The standard InChI is InChI=1S/C25H25ClN4O5/c26-19-3-1-18(2-4-19)23-7-8-24(35-23)25(31)29-11-9-27(10-12-29)20-5-6-21(30(32)33)22(17-20)28-13-15-34-16-14-28/h1-8,17H,9-16H2. The third-order valence-corrected chi connectivity index (χ3v) is 6.64. The molecule has 0 atom stereocenters. The molecule has 182 valence electrons. The first-order valence-electron chi connectivity index (χ1n) is 11.5. The maximum absolute atomic E-state index is 13.0. The summed E-state index contributed by atoms with van der Waals surface area (Å²) >= 11 is 5.95. The van der Waals surface area contributed by atoms with Crippen LogP contribution < -0.4 is 9.80 Å². The van der Waals surface area contributed by atoms with Gasteiger partial charge in [-0.05, 0) is 48.5 Å². The summed E-state index contributed by atoms with van der Waals surface area (Å²) in [6, 6.07) is 16.0. The summed E-state index contributed by atoms with van der Waals surface area (Å²) in [5, 5.41) is 12.2. The molecule has 2 aromatic carbocycles. The SMILES string of the molecule is O=C(c1ccc(-c2ccc(Cl)cc2)o1)N1CCN(c2ccc([N+](=O)[O-])c(N3CCOCC3)c2)CC1. The van der Waals surface area contributed by atoms with E-state index < -0.39 is 0 Å². The van der Waals surface area contributed by atoms with Crippen molar-refractivity contribution in [2.75, 3.05) is 62.3 Å². The van der Waals surface area contributed by atoms with Crippen molar-refractivity contribution < 1.29 is 18.9 Å². The third-order valence-electron chi connectivity index (χ3n) is 6.39. The molecule has 0 radical (unpaired) electrons. The van der Waals surface area contributed by atoms with Gasteiger partial charge in [0.25, 0.3) is 11.6 Å². The minimum atomic E-state index is -0.340. The second kappa shape index (κ2) is 9.97. The van der Waals surface area contributed by atoms with Crippen molar-refractivity contribution in [3.05, 3.63) is 75.5 Å². The number of nitrogens with zero attached hydrogens (tertiary/aromatic N) is 4. The monoisotopic (exact) mass is 496 g/mol. The Balaban J connectivity index is 1.26. The fourth-order valence-corrected chi connectivity index (χ4v) is 4.59. The van der Waals surface area contributed by atoms with Crippen LogP contribution in [0.2, 0.25) is 5.02 Å². The molecule has 1 aromatic heterocycles. The van der Waals surface area contributed by atoms with Crippen LogP contribution in [0.3, 0.4) is 0 Å². The van der Waals surface area contributed by atoms with Gasteiger partial charge in [0.15, 0.2) is 5.76 Å². The number of piperazine rings is 1. The predicted molar refractivity (Wildman–Crippen MR) is 133 cm³/mol. The van der Waals surface area contributed by atoms with E-state index >= 15 is 0 Å². The number of furan rings is 1. The number of benzene rings is 2. The molecule has 0 unspecified atom stereocenters. The van der Waals surface area contributed by atoms with Crippen molar-refractivity contribution in [3.63, 3.8) is 0 Å². The Hall–Kier alpha value is -3.56. The van der Waals surface area contributed by atoms with Gasteiger partial charge in [0.2, 0.25) is 0 Å². The van der Waals surface area contributed by atoms with E-state index in [0.717, 1.165) is 11.3 Å². The van der Waals surface area contributed by atoms with E-state index in [1.807, 2.05) is 23.1 Å². The predicted octanol–water partition coefficient (Wildman–Crippen LogP) is 4.31. The molecule has 2 fully saturated rings. The Morgan fingerprint density at radius 3 is 2.29 bits per heavy atom. The fourth-order valence-electron chi connectivity index (χ4n) is 4.47. The van der Waals surface area contributed by atoms with Crippen LogP contribution >= 0.6 is 11.6 Å². The van der Waals surface area contributed by atoms with Crippen molar-refractivity contribution in [3.8, 4) is 11.3 Å². The Morgan fingerprint density at radius 2 is 1.60 bits per heavy atom. The van der Waals surface area contributed by atoms with Gasteiger partial charge >= 0.3 is 0 Å². The van der Waals surface area contributed by atoms with Gasteiger partial charge in [-0.25, -0.2) is 0 Å². The van der Waals surface area contributed by atoms with E-state index in [1.165, 1.54) is 0 Å². The zero-order chi connectivity index (χ0) is 24.4. The topological polar surface area (TPSA) is 92.3 Å². The minimum Gasteiger partial charge on any atom is -0.451 e. The molecular formula is C25H25ClN4O5. The number of carbonyl (C=O) groups excluding carboxylic acids is 1. The molecule has 2 aliphatic heterocycles. The number of halogens is 1. The average molecular weight is 497 g/mol. The fraction of sp³-hybridized carbons (Fsp3) is 0.320. The average Bonchev–Trinajstić information content (AvgIpc) is 3.39. The van der Waals surface area contributed by atoms with E-state index in [2.05, 4.69) is 4.90 Å². The molecule has 0 aliphatic carbocycles. The summed E-state index contributed by atoms with van der Waals surface area (Å²) in [7, 11) is 0. The molecular weight excluding hydrogens is 472 g/mol. The highest BCUT2D eigenvalue weighted by atomic mass is 35.5. The summed E-state index contributed by atoms with van der Waals surface area (Å²) in [6.07, 6.45) is 0. The highest BCUT2D eigenvalue weighted by Gasteiger charge is 2.27.